The van der Waals surface area contributed by atoms with Crippen molar-refractivity contribution in [1.82, 2.24) is 4.98 Å². The summed E-state index contributed by atoms with van der Waals surface area (Å²) in [5.41, 5.74) is 1.97. The van der Waals surface area contributed by atoms with Crippen molar-refractivity contribution in [3.63, 3.8) is 0 Å². The summed E-state index contributed by atoms with van der Waals surface area (Å²) in [6.07, 6.45) is 4.87. The highest BCUT2D eigenvalue weighted by atomic mass is 16.1. The van der Waals surface area contributed by atoms with E-state index in [2.05, 4.69) is 4.98 Å². The molecule has 12 heavy (non-hydrogen) atoms. The highest BCUT2D eigenvalue weighted by Crippen LogP contribution is 2.15. The molecule has 3 nitrogen and oxygen atoms in total. The predicted molar refractivity (Wildman–Crippen MR) is 44.5 cm³/mol. The van der Waals surface area contributed by atoms with Gasteiger partial charge in [0, 0.05) is 17.5 Å². The Labute approximate surface area is 69.4 Å². The molecule has 0 radical (unpaired) electrons. The SMILES string of the molecule is O=Cc1c[nH]c2c(c1=O)CCC2. The van der Waals surface area contributed by atoms with Crippen molar-refractivity contribution >= 4 is 6.29 Å². The highest BCUT2D eigenvalue weighted by molar-refractivity contribution is 5.74. The molecule has 0 unspecified atom stereocenters. The quantitative estimate of drug-likeness (QED) is 0.619. The van der Waals surface area contributed by atoms with Crippen LogP contribution in [0.25, 0.3) is 0 Å². The summed E-state index contributed by atoms with van der Waals surface area (Å²) >= 11 is 0. The van der Waals surface area contributed by atoms with Crippen LogP contribution in [0.2, 0.25) is 0 Å². The van der Waals surface area contributed by atoms with Crippen LogP contribution in [0.3, 0.4) is 0 Å². The number of nitrogens with one attached hydrogen (secondary N) is 1. The first kappa shape index (κ1) is 7.28. The zero-order valence-corrected chi connectivity index (χ0v) is 6.59. The number of carbonyl (C=O) groups excluding carboxylic acids is 1. The summed E-state index contributed by atoms with van der Waals surface area (Å²) in [4.78, 5) is 24.8. The number of hydrogen-bond donors (Lipinski definition) is 1. The Bertz CT molecular complexity index is 379. The van der Waals surface area contributed by atoms with E-state index in [0.717, 1.165) is 30.5 Å². The molecule has 1 aliphatic carbocycles. The molecule has 0 spiro atoms. The van der Waals surface area contributed by atoms with Crippen molar-refractivity contribution in [3.8, 4) is 0 Å². The summed E-state index contributed by atoms with van der Waals surface area (Å²) in [5, 5.41) is 0. The second-order valence-corrected chi connectivity index (χ2v) is 3.00. The molecule has 3 heteroatoms. The largest absolute Gasteiger partial charge is 0.364 e. The molecule has 0 aromatic carbocycles. The monoisotopic (exact) mass is 163 g/mol. The maximum atomic E-state index is 11.4. The fourth-order valence-corrected chi connectivity index (χ4v) is 1.65. The third-order valence-corrected chi connectivity index (χ3v) is 2.28. The average Bonchev–Trinajstić information content (AvgIpc) is 2.53. The summed E-state index contributed by atoms with van der Waals surface area (Å²) in [6, 6.07) is 0. The van der Waals surface area contributed by atoms with Crippen LogP contribution in [0.4, 0.5) is 0 Å². The molecular formula is C9H9NO2. The third kappa shape index (κ3) is 0.897. The lowest BCUT2D eigenvalue weighted by Crippen LogP contribution is -2.14. The molecular weight excluding hydrogens is 154 g/mol. The lowest BCUT2D eigenvalue weighted by molar-refractivity contribution is 0.112. The smallest absolute Gasteiger partial charge is 0.195 e. The second kappa shape index (κ2) is 2.59. The Morgan fingerprint density at radius 1 is 1.42 bits per heavy atom. The number of aryl methyl sites for hydroxylation is 1. The molecule has 1 aromatic heterocycles. The van der Waals surface area contributed by atoms with Gasteiger partial charge >= 0.3 is 0 Å². The van der Waals surface area contributed by atoms with E-state index in [-0.39, 0.29) is 11.0 Å². The Balaban J connectivity index is 2.69. The number of aromatic amines is 1. The van der Waals surface area contributed by atoms with Gasteiger partial charge in [0.25, 0.3) is 0 Å². The van der Waals surface area contributed by atoms with E-state index < -0.39 is 0 Å². The summed E-state index contributed by atoms with van der Waals surface area (Å²) in [5.74, 6) is 0. The van der Waals surface area contributed by atoms with Gasteiger partial charge in [-0.1, -0.05) is 0 Å². The zero-order valence-electron chi connectivity index (χ0n) is 6.59. The number of pyridine rings is 1. The van der Waals surface area contributed by atoms with Gasteiger partial charge in [-0.2, -0.15) is 0 Å². The maximum Gasteiger partial charge on any atom is 0.195 e. The molecule has 62 valence electrons. The van der Waals surface area contributed by atoms with Crippen molar-refractivity contribution in [2.24, 2.45) is 0 Å². The normalized spacial score (nSPS) is 14.3. The van der Waals surface area contributed by atoms with Crippen molar-refractivity contribution in [1.29, 1.82) is 0 Å². The Kier molecular flexibility index (Phi) is 1.57. The van der Waals surface area contributed by atoms with Crippen LogP contribution in [0, 0.1) is 0 Å². The van der Waals surface area contributed by atoms with Crippen LogP contribution in [-0.4, -0.2) is 11.3 Å². The van der Waals surface area contributed by atoms with Gasteiger partial charge in [-0.15, -0.1) is 0 Å². The van der Waals surface area contributed by atoms with E-state index >= 15 is 0 Å². The molecule has 0 aliphatic heterocycles. The predicted octanol–water partition coefficient (Wildman–Crippen LogP) is 0.676. The topological polar surface area (TPSA) is 49.9 Å². The summed E-state index contributed by atoms with van der Waals surface area (Å²) in [7, 11) is 0. The molecule has 1 aromatic rings. The van der Waals surface area contributed by atoms with E-state index in [4.69, 9.17) is 0 Å². The number of aldehydes is 1. The minimum atomic E-state index is -0.0868. The number of rotatable bonds is 1. The number of H-pyrrole nitrogens is 1. The van der Waals surface area contributed by atoms with Crippen LogP contribution in [0.5, 0.6) is 0 Å². The van der Waals surface area contributed by atoms with E-state index in [0.29, 0.717) is 6.29 Å². The van der Waals surface area contributed by atoms with Gasteiger partial charge in [-0.3, -0.25) is 9.59 Å². The molecule has 2 rings (SSSR count). The van der Waals surface area contributed by atoms with E-state index in [1.165, 1.54) is 6.20 Å². The summed E-state index contributed by atoms with van der Waals surface area (Å²) < 4.78 is 0. The molecule has 1 N–H and O–H groups in total. The minimum Gasteiger partial charge on any atom is -0.364 e. The van der Waals surface area contributed by atoms with Crippen molar-refractivity contribution < 1.29 is 4.79 Å². The fourth-order valence-electron chi connectivity index (χ4n) is 1.65. The maximum absolute atomic E-state index is 11.4. The first-order valence-corrected chi connectivity index (χ1v) is 4.01. The Morgan fingerprint density at radius 3 is 3.00 bits per heavy atom. The van der Waals surface area contributed by atoms with E-state index in [1.54, 1.807) is 0 Å². The van der Waals surface area contributed by atoms with Gasteiger partial charge in [0.2, 0.25) is 0 Å². The first-order chi connectivity index (χ1) is 5.83. The number of carbonyl (C=O) groups is 1. The van der Waals surface area contributed by atoms with Gasteiger partial charge in [0.05, 0.1) is 5.56 Å². The molecule has 1 aliphatic rings. The lowest BCUT2D eigenvalue weighted by Gasteiger charge is -1.97. The van der Waals surface area contributed by atoms with Crippen LogP contribution in [0.1, 0.15) is 28.0 Å². The molecule has 0 saturated heterocycles. The third-order valence-electron chi connectivity index (χ3n) is 2.28. The number of hydrogen-bond acceptors (Lipinski definition) is 2. The number of aromatic nitrogens is 1. The van der Waals surface area contributed by atoms with Gasteiger partial charge in [-0.25, -0.2) is 0 Å². The van der Waals surface area contributed by atoms with Crippen LogP contribution in [0.15, 0.2) is 11.0 Å². The standard InChI is InChI=1S/C9H9NO2/c11-5-6-4-10-8-3-1-2-7(8)9(6)12/h4-5H,1-3H2,(H,10,12). The fraction of sp³-hybridized carbons (Fsp3) is 0.333. The van der Waals surface area contributed by atoms with Crippen molar-refractivity contribution in [3.05, 3.63) is 33.2 Å². The molecule has 0 bridgehead atoms. The summed E-state index contributed by atoms with van der Waals surface area (Å²) in [6.45, 7) is 0. The van der Waals surface area contributed by atoms with Gasteiger partial charge in [0.15, 0.2) is 11.7 Å². The Morgan fingerprint density at radius 2 is 2.25 bits per heavy atom. The molecule has 1 heterocycles. The zero-order chi connectivity index (χ0) is 8.55. The first-order valence-electron chi connectivity index (χ1n) is 4.01. The van der Waals surface area contributed by atoms with Gasteiger partial charge in [0.1, 0.15) is 0 Å². The minimum absolute atomic E-state index is 0.0868. The van der Waals surface area contributed by atoms with Crippen molar-refractivity contribution in [2.75, 3.05) is 0 Å². The Hall–Kier alpha value is -1.38. The molecule has 0 atom stereocenters. The van der Waals surface area contributed by atoms with Crippen molar-refractivity contribution in [2.45, 2.75) is 19.3 Å². The molecule has 0 amide bonds. The van der Waals surface area contributed by atoms with E-state index in [9.17, 15) is 9.59 Å². The lowest BCUT2D eigenvalue weighted by atomic mass is 10.1. The van der Waals surface area contributed by atoms with Crippen LogP contribution in [-0.2, 0) is 12.8 Å². The highest BCUT2D eigenvalue weighted by Gasteiger charge is 2.15. The van der Waals surface area contributed by atoms with Crippen LogP contribution >= 0.6 is 0 Å². The number of fused-ring (bicyclic) bond motifs is 1. The second-order valence-electron chi connectivity index (χ2n) is 3.00. The van der Waals surface area contributed by atoms with Gasteiger partial charge in [-0.05, 0) is 19.3 Å². The molecule has 0 fully saturated rings. The van der Waals surface area contributed by atoms with Crippen LogP contribution < -0.4 is 5.43 Å². The van der Waals surface area contributed by atoms with Gasteiger partial charge < -0.3 is 4.98 Å². The average molecular weight is 163 g/mol. The molecule has 0 saturated carbocycles. The van der Waals surface area contributed by atoms with E-state index in [1.807, 2.05) is 0 Å².